The Balaban J connectivity index is 1.81. The highest BCUT2D eigenvalue weighted by Crippen LogP contribution is 2.22. The van der Waals surface area contributed by atoms with Crippen molar-refractivity contribution in [1.29, 1.82) is 0 Å². The molecule has 3 rings (SSSR count). The van der Waals surface area contributed by atoms with Crippen LogP contribution >= 0.6 is 27.5 Å². The van der Waals surface area contributed by atoms with Crippen LogP contribution in [0.5, 0.6) is 5.75 Å². The fraction of sp³-hybridized carbons (Fsp3) is 0.167. The molecule has 0 aliphatic carbocycles. The number of carbonyl (C=O) groups excluding carboxylic acids is 1. The van der Waals surface area contributed by atoms with Crippen LogP contribution in [0.25, 0.3) is 0 Å². The van der Waals surface area contributed by atoms with Gasteiger partial charge in [0, 0.05) is 21.6 Å². The first kappa shape index (κ1) is 25.9. The van der Waals surface area contributed by atoms with Crippen molar-refractivity contribution in [2.75, 3.05) is 13.7 Å². The van der Waals surface area contributed by atoms with Gasteiger partial charge in [-0.25, -0.2) is 13.8 Å². The van der Waals surface area contributed by atoms with Crippen molar-refractivity contribution in [3.05, 3.63) is 92.9 Å². The van der Waals surface area contributed by atoms with Crippen LogP contribution < -0.4 is 10.2 Å². The number of amides is 1. The molecular formula is C24H23BrClN3O4S. The summed E-state index contributed by atoms with van der Waals surface area (Å²) in [5.74, 6) is -0.0111. The normalized spacial score (nSPS) is 11.7. The number of methoxy groups -OCH3 is 1. The molecule has 0 saturated carbocycles. The SMILES string of the molecule is COc1ccc(Br)cc1/C=N\NC(=O)CN(Cc1cccc(C)c1)S(=O)(=O)c1ccc(Cl)cc1. The Morgan fingerprint density at radius 2 is 1.88 bits per heavy atom. The van der Waals surface area contributed by atoms with E-state index in [1.807, 2.05) is 37.3 Å². The second kappa shape index (κ2) is 11.6. The van der Waals surface area contributed by atoms with E-state index in [-0.39, 0.29) is 11.4 Å². The van der Waals surface area contributed by atoms with Gasteiger partial charge < -0.3 is 4.74 Å². The molecule has 0 unspecified atom stereocenters. The Morgan fingerprint density at radius 3 is 2.56 bits per heavy atom. The number of carbonyl (C=O) groups is 1. The highest BCUT2D eigenvalue weighted by Gasteiger charge is 2.27. The Kier molecular flexibility index (Phi) is 8.84. The van der Waals surface area contributed by atoms with Gasteiger partial charge in [-0.3, -0.25) is 4.79 Å². The summed E-state index contributed by atoms with van der Waals surface area (Å²) in [6.45, 7) is 1.51. The van der Waals surface area contributed by atoms with Gasteiger partial charge in [0.25, 0.3) is 5.91 Å². The molecular weight excluding hydrogens is 542 g/mol. The number of rotatable bonds is 9. The highest BCUT2D eigenvalue weighted by molar-refractivity contribution is 9.10. The summed E-state index contributed by atoms with van der Waals surface area (Å²) in [5, 5.41) is 4.38. The molecule has 0 bridgehead atoms. The Bertz CT molecular complexity index is 1300. The van der Waals surface area contributed by atoms with Crippen LogP contribution in [-0.4, -0.2) is 38.5 Å². The van der Waals surface area contributed by atoms with Gasteiger partial charge in [-0.2, -0.15) is 9.41 Å². The van der Waals surface area contributed by atoms with Crippen LogP contribution in [0.1, 0.15) is 16.7 Å². The van der Waals surface area contributed by atoms with Crippen molar-refractivity contribution in [2.24, 2.45) is 5.10 Å². The van der Waals surface area contributed by atoms with E-state index in [4.69, 9.17) is 16.3 Å². The first-order valence-electron chi connectivity index (χ1n) is 10.2. The van der Waals surface area contributed by atoms with Gasteiger partial charge in [0.1, 0.15) is 5.75 Å². The predicted octanol–water partition coefficient (Wildman–Crippen LogP) is 4.76. The van der Waals surface area contributed by atoms with E-state index in [0.29, 0.717) is 16.3 Å². The lowest BCUT2D eigenvalue weighted by Gasteiger charge is -2.21. The molecule has 3 aromatic carbocycles. The van der Waals surface area contributed by atoms with Gasteiger partial charge in [0.2, 0.25) is 10.0 Å². The second-order valence-electron chi connectivity index (χ2n) is 7.40. The topological polar surface area (TPSA) is 88.1 Å². The molecule has 0 spiro atoms. The smallest absolute Gasteiger partial charge is 0.255 e. The predicted molar refractivity (Wildman–Crippen MR) is 137 cm³/mol. The average molecular weight is 565 g/mol. The number of hydrogen-bond acceptors (Lipinski definition) is 5. The van der Waals surface area contributed by atoms with Crippen LogP contribution in [0.3, 0.4) is 0 Å². The molecule has 178 valence electrons. The number of benzene rings is 3. The number of nitrogens with one attached hydrogen (secondary N) is 1. The summed E-state index contributed by atoms with van der Waals surface area (Å²) in [6, 6.07) is 18.6. The van der Waals surface area contributed by atoms with E-state index in [2.05, 4.69) is 26.5 Å². The quantitative estimate of drug-likeness (QED) is 0.300. The molecule has 10 heteroatoms. The Morgan fingerprint density at radius 1 is 1.15 bits per heavy atom. The minimum Gasteiger partial charge on any atom is -0.496 e. The van der Waals surface area contributed by atoms with Gasteiger partial charge >= 0.3 is 0 Å². The largest absolute Gasteiger partial charge is 0.496 e. The second-order valence-corrected chi connectivity index (χ2v) is 10.7. The van der Waals surface area contributed by atoms with E-state index in [9.17, 15) is 13.2 Å². The lowest BCUT2D eigenvalue weighted by molar-refractivity contribution is -0.121. The summed E-state index contributed by atoms with van der Waals surface area (Å²) in [7, 11) is -2.45. The molecule has 0 saturated heterocycles. The van der Waals surface area contributed by atoms with Gasteiger partial charge in [-0.05, 0) is 55.0 Å². The number of hydrogen-bond donors (Lipinski definition) is 1. The summed E-state index contributed by atoms with van der Waals surface area (Å²) >= 11 is 9.29. The fourth-order valence-corrected chi connectivity index (χ4v) is 5.06. The minimum absolute atomic E-state index is 0.0171. The van der Waals surface area contributed by atoms with Gasteiger partial charge in [-0.15, -0.1) is 0 Å². The zero-order valence-electron chi connectivity index (χ0n) is 18.5. The Hall–Kier alpha value is -2.72. The molecule has 0 aromatic heterocycles. The van der Waals surface area contributed by atoms with Crippen LogP contribution in [-0.2, 0) is 21.4 Å². The molecule has 3 aromatic rings. The molecule has 0 aliphatic heterocycles. The molecule has 34 heavy (non-hydrogen) atoms. The van der Waals surface area contributed by atoms with E-state index < -0.39 is 22.5 Å². The Labute approximate surface area is 212 Å². The summed E-state index contributed by atoms with van der Waals surface area (Å²) < 4.78 is 33.9. The van der Waals surface area contributed by atoms with E-state index in [0.717, 1.165) is 19.9 Å². The van der Waals surface area contributed by atoms with Crippen molar-refractivity contribution in [2.45, 2.75) is 18.4 Å². The third kappa shape index (κ3) is 6.89. The first-order valence-corrected chi connectivity index (χ1v) is 12.8. The van der Waals surface area contributed by atoms with Crippen LogP contribution in [0.4, 0.5) is 0 Å². The molecule has 1 amide bonds. The minimum atomic E-state index is -3.98. The van der Waals surface area contributed by atoms with Gasteiger partial charge in [-0.1, -0.05) is 57.4 Å². The number of hydrazone groups is 1. The van der Waals surface area contributed by atoms with Gasteiger partial charge in [0.15, 0.2) is 0 Å². The summed E-state index contributed by atoms with van der Waals surface area (Å²) in [6.07, 6.45) is 1.43. The van der Waals surface area contributed by atoms with E-state index in [1.54, 1.807) is 12.1 Å². The number of sulfonamides is 1. The number of ether oxygens (including phenoxy) is 1. The summed E-state index contributed by atoms with van der Waals surface area (Å²) in [4.78, 5) is 12.7. The number of nitrogens with zero attached hydrogens (tertiary/aromatic N) is 2. The monoisotopic (exact) mass is 563 g/mol. The molecule has 7 nitrogen and oxygen atoms in total. The van der Waals surface area contributed by atoms with Crippen molar-refractivity contribution in [1.82, 2.24) is 9.73 Å². The first-order chi connectivity index (χ1) is 16.2. The van der Waals surface area contributed by atoms with Gasteiger partial charge in [0.05, 0.1) is 24.8 Å². The molecule has 0 radical (unpaired) electrons. The summed E-state index contributed by atoms with van der Waals surface area (Å²) in [5.41, 5.74) is 4.78. The number of halogens is 2. The standard InChI is InChI=1S/C24H23BrClN3O4S/c1-17-4-3-5-18(12-17)15-29(34(31,32)22-9-7-21(26)8-10-22)16-24(30)28-27-14-19-13-20(25)6-11-23(19)33-2/h3-14H,15-16H2,1-2H3,(H,28,30)/b27-14-. The zero-order chi connectivity index (χ0) is 24.7. The van der Waals surface area contributed by atoms with Crippen LogP contribution in [0.15, 0.2) is 81.2 Å². The maximum absolute atomic E-state index is 13.3. The van der Waals surface area contributed by atoms with Crippen molar-refractivity contribution >= 4 is 49.7 Å². The third-order valence-corrected chi connectivity index (χ3v) is 7.35. The number of aryl methyl sites for hydroxylation is 1. The van der Waals surface area contributed by atoms with Crippen molar-refractivity contribution in [3.63, 3.8) is 0 Å². The van der Waals surface area contributed by atoms with Crippen LogP contribution in [0, 0.1) is 6.92 Å². The fourth-order valence-electron chi connectivity index (χ4n) is 3.17. The lowest BCUT2D eigenvalue weighted by atomic mass is 10.1. The molecule has 0 heterocycles. The zero-order valence-corrected chi connectivity index (χ0v) is 21.7. The lowest BCUT2D eigenvalue weighted by Crippen LogP contribution is -2.39. The van der Waals surface area contributed by atoms with E-state index >= 15 is 0 Å². The average Bonchev–Trinajstić information content (AvgIpc) is 2.79. The molecule has 0 aliphatic rings. The van der Waals surface area contributed by atoms with Crippen molar-refractivity contribution < 1.29 is 17.9 Å². The maximum atomic E-state index is 13.3. The van der Waals surface area contributed by atoms with Crippen LogP contribution in [0.2, 0.25) is 5.02 Å². The van der Waals surface area contributed by atoms with E-state index in [1.165, 1.54) is 37.6 Å². The maximum Gasteiger partial charge on any atom is 0.255 e. The molecule has 1 N–H and O–H groups in total. The molecule has 0 atom stereocenters. The van der Waals surface area contributed by atoms with Crippen molar-refractivity contribution in [3.8, 4) is 5.75 Å². The third-order valence-electron chi connectivity index (χ3n) is 4.80. The highest BCUT2D eigenvalue weighted by atomic mass is 79.9. The molecule has 0 fully saturated rings.